The summed E-state index contributed by atoms with van der Waals surface area (Å²) in [7, 11) is 0. The van der Waals surface area contributed by atoms with Gasteiger partial charge in [0.1, 0.15) is 0 Å². The Morgan fingerprint density at radius 3 is 1.55 bits per heavy atom. The Balaban J connectivity index is 1.16. The van der Waals surface area contributed by atoms with E-state index in [4.69, 9.17) is 0 Å². The van der Waals surface area contributed by atoms with E-state index in [1.54, 1.807) is 0 Å². The molecule has 0 fully saturated rings. The molecule has 0 amide bonds. The van der Waals surface area contributed by atoms with Gasteiger partial charge in [-0.1, -0.05) is 170 Å². The average Bonchev–Trinajstić information content (AvgIpc) is 4.06. The van der Waals surface area contributed by atoms with Crippen LogP contribution >= 0.6 is 11.3 Å². The van der Waals surface area contributed by atoms with Gasteiger partial charge in [-0.3, -0.25) is 0 Å². The van der Waals surface area contributed by atoms with Crippen LogP contribution in [0.3, 0.4) is 0 Å². The van der Waals surface area contributed by atoms with Crippen LogP contribution in [0.4, 0.5) is 34.1 Å². The highest BCUT2D eigenvalue weighted by atomic mass is 32.1. The molecule has 2 aliphatic heterocycles. The van der Waals surface area contributed by atoms with Gasteiger partial charge < -0.3 is 14.2 Å². The van der Waals surface area contributed by atoms with Crippen molar-refractivity contribution in [2.45, 2.75) is 124 Å². The SMILES string of the molecule is CC(C)(C)c1ccc(N2c3cccc4c3B(c3cc5c6cc(C(C)(C)C)ccc6n6c7ccc(C(C)(C)C)cc7c(c3N4c3ccc(C(C)(C)C)cc3)c56)c3sc4cc5c(cc4c32)-c2ccccc2C5(C)C)cc1. The maximum Gasteiger partial charge on any atom is 0.264 e. The molecular formula is C69H66BN3S. The summed E-state index contributed by atoms with van der Waals surface area (Å²) in [6.45, 7) is 32.8. The second kappa shape index (κ2) is 14.7. The van der Waals surface area contributed by atoms with Crippen LogP contribution in [0.25, 0.3) is 59.3 Å². The van der Waals surface area contributed by atoms with E-state index in [2.05, 4.69) is 257 Å². The maximum absolute atomic E-state index is 2.67. The van der Waals surface area contributed by atoms with Crippen molar-refractivity contribution < 1.29 is 0 Å². The zero-order valence-corrected chi connectivity index (χ0v) is 46.5. The molecule has 0 spiro atoms. The molecule has 0 unspecified atom stereocenters. The van der Waals surface area contributed by atoms with Crippen molar-refractivity contribution in [3.05, 3.63) is 179 Å². The molecule has 0 N–H and O–H groups in total. The fourth-order valence-corrected chi connectivity index (χ4v) is 14.7. The first-order valence-electron chi connectivity index (χ1n) is 27.0. The summed E-state index contributed by atoms with van der Waals surface area (Å²) in [6, 6.07) is 57.7. The Bertz CT molecular complexity index is 4190. The van der Waals surface area contributed by atoms with Crippen LogP contribution in [0.2, 0.25) is 0 Å². The van der Waals surface area contributed by atoms with Gasteiger partial charge in [0.15, 0.2) is 0 Å². The molecule has 3 aromatic heterocycles. The molecular weight excluding hydrogens is 914 g/mol. The Kier molecular flexibility index (Phi) is 9.11. The van der Waals surface area contributed by atoms with Gasteiger partial charge in [-0.05, 0) is 150 Å². The number of thiophene rings is 1. The number of hydrogen-bond acceptors (Lipinski definition) is 3. The second-order valence-electron chi connectivity index (χ2n) is 26.7. The van der Waals surface area contributed by atoms with Crippen LogP contribution < -0.4 is 25.5 Å². The molecule has 3 nitrogen and oxygen atoms in total. The van der Waals surface area contributed by atoms with Gasteiger partial charge in [-0.2, -0.15) is 0 Å². The minimum absolute atomic E-state index is 0.00754. The third-order valence-electron chi connectivity index (χ3n) is 17.5. The zero-order chi connectivity index (χ0) is 51.5. The quantitative estimate of drug-likeness (QED) is 0.160. The first kappa shape index (κ1) is 45.8. The van der Waals surface area contributed by atoms with Crippen LogP contribution in [0.15, 0.2) is 146 Å². The summed E-state index contributed by atoms with van der Waals surface area (Å²) in [5, 5.41) is 6.64. The monoisotopic (exact) mass is 980 g/mol. The van der Waals surface area contributed by atoms with E-state index < -0.39 is 0 Å². The zero-order valence-electron chi connectivity index (χ0n) is 45.7. The summed E-state index contributed by atoms with van der Waals surface area (Å²) in [5.74, 6) is 0. The molecule has 0 saturated carbocycles. The second-order valence-corrected chi connectivity index (χ2v) is 27.8. The van der Waals surface area contributed by atoms with E-state index in [1.165, 1.54) is 143 Å². The standard InChI is InChI=1S/C69H66BN3S/c1-65(2,3)39-22-28-43(29-23-39)71-56-20-17-21-57-60(56)70(64-62(71)50-36-46-45-18-15-16-19-51(45)69(13,14)52(46)38-58(50)74-64)53-37-48-47-34-41(67(7,8)9)26-32-54(47)73-55-33-27-42(68(10,11)12)35-49(55)59(61(48)73)63(53)72(57)44-30-24-40(25-31-44)66(4,5)6/h15-38H,1-14H3. The first-order chi connectivity index (χ1) is 35.0. The number of anilines is 6. The molecule has 0 bridgehead atoms. The number of hydrogen-bond donors (Lipinski definition) is 0. The molecule has 3 aliphatic rings. The van der Waals surface area contributed by atoms with E-state index in [9.17, 15) is 0 Å². The minimum atomic E-state index is -0.112. The lowest BCUT2D eigenvalue weighted by atomic mass is 9.36. The topological polar surface area (TPSA) is 10.9 Å². The molecule has 366 valence electrons. The number of nitrogens with zero attached hydrogens (tertiary/aromatic N) is 3. The predicted molar refractivity (Wildman–Crippen MR) is 323 cm³/mol. The molecule has 0 radical (unpaired) electrons. The van der Waals surface area contributed by atoms with Crippen LogP contribution in [0.5, 0.6) is 0 Å². The number of aromatic nitrogens is 1. The van der Waals surface area contributed by atoms with Crippen LogP contribution in [-0.4, -0.2) is 11.1 Å². The Labute approximate surface area is 441 Å². The summed E-state index contributed by atoms with van der Waals surface area (Å²) in [5.41, 5.74) is 24.9. The van der Waals surface area contributed by atoms with Crippen LogP contribution in [0.1, 0.15) is 130 Å². The van der Waals surface area contributed by atoms with Crippen molar-refractivity contribution in [3.63, 3.8) is 0 Å². The molecule has 0 saturated heterocycles. The van der Waals surface area contributed by atoms with E-state index >= 15 is 0 Å². The van der Waals surface area contributed by atoms with E-state index in [-0.39, 0.29) is 33.8 Å². The average molecular weight is 980 g/mol. The third-order valence-corrected chi connectivity index (χ3v) is 18.7. The Morgan fingerprint density at radius 1 is 0.446 bits per heavy atom. The smallest absolute Gasteiger partial charge is 0.264 e. The molecule has 11 aromatic rings. The van der Waals surface area contributed by atoms with E-state index in [0.717, 1.165) is 0 Å². The highest BCUT2D eigenvalue weighted by Crippen LogP contribution is 2.56. The fraction of sp³-hybridized carbons (Fsp3) is 0.275. The number of rotatable bonds is 2. The molecule has 5 heteroatoms. The van der Waals surface area contributed by atoms with Gasteiger partial charge in [0.05, 0.1) is 27.9 Å². The highest BCUT2D eigenvalue weighted by Gasteiger charge is 2.47. The largest absolute Gasteiger partial charge is 0.311 e. The molecule has 14 rings (SSSR count). The lowest BCUT2D eigenvalue weighted by Gasteiger charge is -2.43. The van der Waals surface area contributed by atoms with Crippen LogP contribution in [-0.2, 0) is 27.1 Å². The van der Waals surface area contributed by atoms with Gasteiger partial charge in [0, 0.05) is 64.6 Å². The lowest BCUT2D eigenvalue weighted by molar-refractivity contribution is 0.590. The summed E-state index contributed by atoms with van der Waals surface area (Å²) >= 11 is 2.02. The van der Waals surface area contributed by atoms with Crippen molar-refractivity contribution >= 4 is 116 Å². The molecule has 0 atom stereocenters. The molecule has 74 heavy (non-hydrogen) atoms. The summed E-state index contributed by atoms with van der Waals surface area (Å²) in [4.78, 5) is 5.31. The number of fused-ring (bicyclic) bond motifs is 16. The van der Waals surface area contributed by atoms with Crippen molar-refractivity contribution in [2.24, 2.45) is 0 Å². The summed E-state index contributed by atoms with van der Waals surface area (Å²) < 4.78 is 5.36. The Morgan fingerprint density at radius 2 is 0.973 bits per heavy atom. The third kappa shape index (κ3) is 6.20. The normalized spacial score (nSPS) is 15.2. The van der Waals surface area contributed by atoms with Crippen molar-refractivity contribution in [2.75, 3.05) is 9.80 Å². The van der Waals surface area contributed by atoms with Crippen molar-refractivity contribution in [1.29, 1.82) is 0 Å². The molecule has 1 aliphatic carbocycles. The maximum atomic E-state index is 2.67. The lowest BCUT2D eigenvalue weighted by Crippen LogP contribution is -2.60. The summed E-state index contributed by atoms with van der Waals surface area (Å²) in [6.07, 6.45) is 0. The van der Waals surface area contributed by atoms with Gasteiger partial charge in [0.25, 0.3) is 6.71 Å². The van der Waals surface area contributed by atoms with Gasteiger partial charge in [0.2, 0.25) is 0 Å². The highest BCUT2D eigenvalue weighted by molar-refractivity contribution is 7.33. The van der Waals surface area contributed by atoms with Gasteiger partial charge in [-0.25, -0.2) is 0 Å². The van der Waals surface area contributed by atoms with Crippen molar-refractivity contribution in [3.8, 4) is 11.1 Å². The predicted octanol–water partition coefficient (Wildman–Crippen LogP) is 17.6. The van der Waals surface area contributed by atoms with Gasteiger partial charge >= 0.3 is 0 Å². The fourth-order valence-electron chi connectivity index (χ4n) is 13.4. The van der Waals surface area contributed by atoms with E-state index in [0.29, 0.717) is 0 Å². The molecule has 5 heterocycles. The van der Waals surface area contributed by atoms with Crippen LogP contribution in [0, 0.1) is 0 Å². The van der Waals surface area contributed by atoms with Gasteiger partial charge in [-0.15, -0.1) is 11.3 Å². The minimum Gasteiger partial charge on any atom is -0.311 e. The van der Waals surface area contributed by atoms with E-state index in [1.807, 2.05) is 11.3 Å². The Hall–Kier alpha value is -6.82. The number of benzene rings is 8. The first-order valence-corrected chi connectivity index (χ1v) is 27.8. The van der Waals surface area contributed by atoms with Crippen molar-refractivity contribution in [1.82, 2.24) is 4.40 Å². The molecule has 8 aromatic carbocycles.